The molecule has 0 saturated carbocycles. The zero-order valence-electron chi connectivity index (χ0n) is 37.1. The molecule has 15 nitrogen and oxygen atoms in total. The summed E-state index contributed by atoms with van der Waals surface area (Å²) in [6.45, 7) is 4.11. The first-order valence-electron chi connectivity index (χ1n) is 21.6. The largest absolute Gasteiger partial charge is 0.504 e. The monoisotopic (exact) mass is 942 g/mol. The number of piperazine rings is 1. The van der Waals surface area contributed by atoms with Gasteiger partial charge in [0, 0.05) is 59.1 Å². The van der Waals surface area contributed by atoms with Crippen LogP contribution in [0.15, 0.2) is 42.5 Å². The number of methoxy groups -OCH3 is 2. The van der Waals surface area contributed by atoms with Crippen molar-refractivity contribution >= 4 is 29.6 Å². The summed E-state index contributed by atoms with van der Waals surface area (Å²) in [4.78, 5) is 49.2. The van der Waals surface area contributed by atoms with E-state index in [1.54, 1.807) is 6.92 Å². The molecule has 7 aliphatic heterocycles. The van der Waals surface area contributed by atoms with E-state index in [4.69, 9.17) is 28.4 Å². The van der Waals surface area contributed by atoms with E-state index < -0.39 is 77.2 Å². The summed E-state index contributed by atoms with van der Waals surface area (Å²) in [7, 11) is 4.70. The van der Waals surface area contributed by atoms with E-state index in [0.29, 0.717) is 51.3 Å². The van der Waals surface area contributed by atoms with Crippen LogP contribution in [0.25, 0.3) is 0 Å². The molecule has 7 atom stereocenters. The van der Waals surface area contributed by atoms with Gasteiger partial charge in [0.15, 0.2) is 40.0 Å². The topological polar surface area (TPSA) is 181 Å². The maximum Gasteiger partial charge on any atom is 0.416 e. The van der Waals surface area contributed by atoms with Gasteiger partial charge in [0.05, 0.1) is 43.2 Å². The number of carbonyl (C=O) groups excluding carboxylic acids is 3. The molecule has 7 heterocycles. The van der Waals surface area contributed by atoms with Gasteiger partial charge in [0.2, 0.25) is 6.79 Å². The first-order chi connectivity index (χ1) is 32.0. The summed E-state index contributed by atoms with van der Waals surface area (Å²) in [6, 6.07) is 7.49. The molecule has 4 bridgehead atoms. The van der Waals surface area contributed by atoms with Crippen LogP contribution in [-0.4, -0.2) is 108 Å². The summed E-state index contributed by atoms with van der Waals surface area (Å²) < 4.78 is 77.6. The number of likely N-dealkylation sites (N-methyl/N-ethyl adjacent to an activating group) is 1. The van der Waals surface area contributed by atoms with Crippen LogP contribution in [0.2, 0.25) is 0 Å². The average Bonchev–Trinajstić information content (AvgIpc) is 3.79. The second kappa shape index (κ2) is 15.9. The molecule has 4 aromatic carbocycles. The van der Waals surface area contributed by atoms with Crippen molar-refractivity contribution in [2.24, 2.45) is 0 Å². The third-order valence-electron chi connectivity index (χ3n) is 14.4. The molecule has 1 amide bonds. The van der Waals surface area contributed by atoms with E-state index >= 15 is 4.79 Å². The Morgan fingerprint density at radius 3 is 2.37 bits per heavy atom. The van der Waals surface area contributed by atoms with Gasteiger partial charge in [-0.25, -0.2) is 4.79 Å². The quantitative estimate of drug-likeness (QED) is 0.166. The number of alkyl halides is 3. The number of amides is 1. The number of fused-ring (bicyclic) bond motifs is 9. The Kier molecular flexibility index (Phi) is 10.5. The molecule has 0 aromatic heterocycles. The fourth-order valence-corrected chi connectivity index (χ4v) is 13.3. The zero-order chi connectivity index (χ0) is 47.6. The zero-order valence-corrected chi connectivity index (χ0v) is 38.0. The number of phenols is 2. The van der Waals surface area contributed by atoms with Crippen LogP contribution >= 0.6 is 11.8 Å². The standard InChI is InChI=1S/C48H45F3N4O11S/c1-21-13-26-14-29-30(17-52)55-31-18-63-46(60)47(28-16-33(61-5)32(57)15-25(28)11-12-54(47)45(59)24-7-9-27(10-8-24)48(49,50)51)19-67-44(38(55)37(53(29)4)34(26)39(58)40(21)62-6)36-35(31)43-42(64-20-65-43)22(2)41(36)66-23(3)56/h7-10,13,15-16,29-31,37-38,44,57-58H,11-12,14,18-20H2,1-6H3/t29-,30-,31-,37-,38+,44+,47+/m0/s1. The van der Waals surface area contributed by atoms with Crippen LogP contribution in [0.4, 0.5) is 13.2 Å². The molecule has 19 heteroatoms. The highest BCUT2D eigenvalue weighted by Crippen LogP contribution is 2.65. The van der Waals surface area contributed by atoms with Crippen LogP contribution in [0.3, 0.4) is 0 Å². The van der Waals surface area contributed by atoms with Gasteiger partial charge >= 0.3 is 18.1 Å². The first kappa shape index (κ1) is 44.5. The van der Waals surface area contributed by atoms with Crippen molar-refractivity contribution in [3.63, 3.8) is 0 Å². The number of ether oxygens (including phenoxy) is 6. The predicted octanol–water partition coefficient (Wildman–Crippen LogP) is 6.56. The number of esters is 2. The lowest BCUT2D eigenvalue weighted by Gasteiger charge is -2.62. The van der Waals surface area contributed by atoms with Crippen molar-refractivity contribution < 1.29 is 66.2 Å². The number of rotatable bonds is 4. The molecular formula is C48H45F3N4O11S. The molecule has 2 fully saturated rings. The van der Waals surface area contributed by atoms with E-state index in [0.717, 1.165) is 29.8 Å². The minimum absolute atomic E-state index is 0.00860. The number of halogens is 3. The SMILES string of the molecule is COc1cc2c(cc1O)CCN(C(=O)c1ccc(C(F)(F)F)cc1)[C@]21CS[C@@H]2c3c(OC(C)=O)c(C)c4c(c3[C@H](COC1=O)N1[C@@H]2[C@@H]2c3c(cc(C)c(OC)c3O)C[C@@H]([C@@H]1C#N)N2C)OCO4. The number of aromatic hydroxyl groups is 2. The summed E-state index contributed by atoms with van der Waals surface area (Å²) in [5.74, 6) is -1.77. The van der Waals surface area contributed by atoms with Crippen LogP contribution in [0.1, 0.15) is 84.7 Å². The van der Waals surface area contributed by atoms with Gasteiger partial charge in [-0.15, -0.1) is 11.8 Å². The lowest BCUT2D eigenvalue weighted by atomic mass is 9.71. The van der Waals surface area contributed by atoms with Gasteiger partial charge in [0.25, 0.3) is 5.91 Å². The lowest BCUT2D eigenvalue weighted by Crippen LogP contribution is -2.69. The van der Waals surface area contributed by atoms with Crippen LogP contribution in [0, 0.1) is 25.2 Å². The molecular weight excluding hydrogens is 898 g/mol. The van der Waals surface area contributed by atoms with Gasteiger partial charge in [-0.2, -0.15) is 18.4 Å². The Balaban J connectivity index is 1.25. The van der Waals surface area contributed by atoms with Gasteiger partial charge in [-0.05, 0) is 92.4 Å². The molecule has 7 aliphatic rings. The maximum atomic E-state index is 15.6. The lowest BCUT2D eigenvalue weighted by molar-refractivity contribution is -0.162. The first-order valence-corrected chi connectivity index (χ1v) is 22.6. The highest BCUT2D eigenvalue weighted by atomic mass is 32.2. The average molecular weight is 943 g/mol. The Labute approximate surface area is 386 Å². The molecule has 0 unspecified atom stereocenters. The molecule has 2 N–H and O–H groups in total. The second-order valence-corrected chi connectivity index (χ2v) is 18.8. The maximum absolute atomic E-state index is 15.6. The Morgan fingerprint density at radius 2 is 1.70 bits per heavy atom. The highest BCUT2D eigenvalue weighted by Gasteiger charge is 2.63. The van der Waals surface area contributed by atoms with Crippen molar-refractivity contribution in [3.05, 3.63) is 98.1 Å². The Morgan fingerprint density at radius 1 is 0.970 bits per heavy atom. The molecule has 0 radical (unpaired) electrons. The number of hydrogen-bond acceptors (Lipinski definition) is 15. The van der Waals surface area contributed by atoms with Gasteiger partial charge in [0.1, 0.15) is 18.4 Å². The number of thioether (sulfide) groups is 1. The van der Waals surface area contributed by atoms with Crippen LogP contribution < -0.4 is 23.7 Å². The third kappa shape index (κ3) is 6.42. The molecule has 1 spiro atoms. The number of carbonyl (C=O) groups is 3. The van der Waals surface area contributed by atoms with Gasteiger partial charge in [-0.3, -0.25) is 19.4 Å². The normalized spacial score (nSPS) is 26.1. The molecule has 2 saturated heterocycles. The number of nitriles is 1. The van der Waals surface area contributed by atoms with Crippen molar-refractivity contribution in [1.82, 2.24) is 14.7 Å². The molecule has 4 aromatic rings. The van der Waals surface area contributed by atoms with Crippen molar-refractivity contribution in [1.29, 1.82) is 5.26 Å². The Bertz CT molecular complexity index is 2840. The smallest absolute Gasteiger partial charge is 0.416 e. The molecule has 11 rings (SSSR count). The van der Waals surface area contributed by atoms with Crippen molar-refractivity contribution in [3.8, 4) is 46.3 Å². The van der Waals surface area contributed by atoms with Crippen molar-refractivity contribution in [2.75, 3.05) is 47.0 Å². The number of benzene rings is 4. The summed E-state index contributed by atoms with van der Waals surface area (Å²) in [6.07, 6.45) is -4.16. The summed E-state index contributed by atoms with van der Waals surface area (Å²) in [5.41, 5.74) is 1.15. The molecule has 0 aliphatic carbocycles. The molecule has 67 heavy (non-hydrogen) atoms. The summed E-state index contributed by atoms with van der Waals surface area (Å²) in [5, 5.41) is 33.7. The number of phenolic OH excluding ortho intramolecular Hbond substituents is 2. The van der Waals surface area contributed by atoms with E-state index in [9.17, 15) is 38.2 Å². The van der Waals surface area contributed by atoms with Crippen LogP contribution in [0.5, 0.6) is 40.2 Å². The number of aryl methyl sites for hydroxylation is 1. The van der Waals surface area contributed by atoms with E-state index in [2.05, 4.69) is 11.0 Å². The predicted molar refractivity (Wildman–Crippen MR) is 232 cm³/mol. The van der Waals surface area contributed by atoms with E-state index in [-0.39, 0.29) is 65.4 Å². The Hall–Kier alpha value is -6.36. The fraction of sp³-hybridized carbons (Fsp3) is 0.417. The van der Waals surface area contributed by atoms with Crippen LogP contribution in [-0.2, 0) is 38.9 Å². The summed E-state index contributed by atoms with van der Waals surface area (Å²) >= 11 is 1.22. The van der Waals surface area contributed by atoms with Gasteiger partial charge in [-0.1, -0.05) is 6.07 Å². The molecule has 350 valence electrons. The van der Waals surface area contributed by atoms with E-state index in [1.165, 1.54) is 49.9 Å². The number of nitrogens with zero attached hydrogens (tertiary/aromatic N) is 4. The fourth-order valence-electron chi connectivity index (χ4n) is 11.5. The van der Waals surface area contributed by atoms with Crippen molar-refractivity contribution in [2.45, 2.75) is 80.8 Å². The number of hydrogen-bond donors (Lipinski definition) is 2. The van der Waals surface area contributed by atoms with E-state index in [1.807, 2.05) is 24.9 Å². The van der Waals surface area contributed by atoms with Gasteiger partial charge < -0.3 is 43.5 Å². The second-order valence-electron chi connectivity index (χ2n) is 17.7. The third-order valence-corrected chi connectivity index (χ3v) is 15.8. The minimum Gasteiger partial charge on any atom is -0.504 e. The highest BCUT2D eigenvalue weighted by molar-refractivity contribution is 7.99. The minimum atomic E-state index is -4.68.